The van der Waals surface area contributed by atoms with Gasteiger partial charge in [-0.3, -0.25) is 4.79 Å². The Bertz CT molecular complexity index is 349. The van der Waals surface area contributed by atoms with Gasteiger partial charge < -0.3 is 20.5 Å². The summed E-state index contributed by atoms with van der Waals surface area (Å²) in [6.45, 7) is 1.64. The van der Waals surface area contributed by atoms with Crippen LogP contribution in [-0.4, -0.2) is 43.4 Å². The first kappa shape index (κ1) is 13.7. The smallest absolute Gasteiger partial charge is 0.233 e. The third-order valence-corrected chi connectivity index (χ3v) is 4.58. The summed E-state index contributed by atoms with van der Waals surface area (Å²) in [5, 5.41) is 2.93. The third-order valence-electron chi connectivity index (χ3n) is 4.18. The molecule has 5 nitrogen and oxygen atoms in total. The van der Waals surface area contributed by atoms with Crippen molar-refractivity contribution in [3.63, 3.8) is 0 Å². The highest BCUT2D eigenvalue weighted by molar-refractivity contribution is 7.80. The number of ether oxygens (including phenoxy) is 2. The van der Waals surface area contributed by atoms with E-state index in [4.69, 9.17) is 27.4 Å². The molecule has 0 radical (unpaired) electrons. The van der Waals surface area contributed by atoms with E-state index in [1.54, 1.807) is 7.11 Å². The summed E-state index contributed by atoms with van der Waals surface area (Å²) < 4.78 is 10.8. The molecule has 2 aliphatic rings. The van der Waals surface area contributed by atoms with Crippen LogP contribution in [0.5, 0.6) is 0 Å². The number of hydrogen-bond acceptors (Lipinski definition) is 4. The van der Waals surface area contributed by atoms with Crippen molar-refractivity contribution < 1.29 is 14.3 Å². The van der Waals surface area contributed by atoms with Gasteiger partial charge in [-0.25, -0.2) is 0 Å². The second-order valence-electron chi connectivity index (χ2n) is 5.17. The van der Waals surface area contributed by atoms with Gasteiger partial charge in [-0.15, -0.1) is 0 Å². The maximum absolute atomic E-state index is 12.2. The molecular formula is C12H20N2O3S. The first-order valence-electron chi connectivity index (χ1n) is 6.26. The topological polar surface area (TPSA) is 73.6 Å². The van der Waals surface area contributed by atoms with Crippen LogP contribution in [-0.2, 0) is 14.3 Å². The molecule has 3 N–H and O–H groups in total. The molecule has 2 rings (SSSR count). The lowest BCUT2D eigenvalue weighted by atomic mass is 9.68. The Kier molecular flexibility index (Phi) is 3.89. The van der Waals surface area contributed by atoms with Crippen LogP contribution in [0.4, 0.5) is 0 Å². The Labute approximate surface area is 112 Å². The highest BCUT2D eigenvalue weighted by Gasteiger charge is 2.47. The molecule has 0 aromatic carbocycles. The van der Waals surface area contributed by atoms with Crippen LogP contribution in [0.25, 0.3) is 0 Å². The lowest BCUT2D eigenvalue weighted by molar-refractivity contribution is -0.132. The molecule has 18 heavy (non-hydrogen) atoms. The number of amides is 1. The van der Waals surface area contributed by atoms with Crippen LogP contribution in [0.2, 0.25) is 0 Å². The first-order chi connectivity index (χ1) is 8.55. The minimum Gasteiger partial charge on any atom is -0.392 e. The molecule has 1 saturated heterocycles. The van der Waals surface area contributed by atoms with E-state index in [0.29, 0.717) is 24.7 Å². The van der Waals surface area contributed by atoms with Gasteiger partial charge in [0, 0.05) is 26.7 Å². The molecule has 1 unspecified atom stereocenters. The van der Waals surface area contributed by atoms with E-state index >= 15 is 0 Å². The predicted molar refractivity (Wildman–Crippen MR) is 71.3 cm³/mol. The maximum atomic E-state index is 12.2. The second-order valence-corrected chi connectivity index (χ2v) is 5.61. The van der Waals surface area contributed by atoms with Crippen molar-refractivity contribution in [1.29, 1.82) is 0 Å². The number of hydrogen-bond donors (Lipinski definition) is 2. The van der Waals surface area contributed by atoms with Gasteiger partial charge in [0.2, 0.25) is 5.91 Å². The second kappa shape index (κ2) is 5.11. The van der Waals surface area contributed by atoms with Crippen LogP contribution in [0, 0.1) is 5.41 Å². The molecule has 1 atom stereocenters. The quantitative estimate of drug-likeness (QED) is 0.707. The largest absolute Gasteiger partial charge is 0.392 e. The van der Waals surface area contributed by atoms with Crippen LogP contribution >= 0.6 is 12.2 Å². The summed E-state index contributed by atoms with van der Waals surface area (Å²) in [4.78, 5) is 12.5. The van der Waals surface area contributed by atoms with E-state index in [1.165, 1.54) is 0 Å². The monoisotopic (exact) mass is 272 g/mol. The Hall–Kier alpha value is -0.720. The van der Waals surface area contributed by atoms with Gasteiger partial charge in [-0.2, -0.15) is 0 Å². The molecule has 1 heterocycles. The van der Waals surface area contributed by atoms with Crippen molar-refractivity contribution in [3.8, 4) is 0 Å². The number of carbonyl (C=O) groups is 1. The molecular weight excluding hydrogens is 252 g/mol. The fraction of sp³-hybridized carbons (Fsp3) is 0.833. The number of thiocarbonyl (C=S) groups is 1. The number of carbonyl (C=O) groups excluding carboxylic acids is 1. The summed E-state index contributed by atoms with van der Waals surface area (Å²) in [6, 6.07) is 0. The van der Waals surface area contributed by atoms with Crippen molar-refractivity contribution in [2.24, 2.45) is 11.1 Å². The van der Waals surface area contributed by atoms with E-state index in [-0.39, 0.29) is 5.91 Å². The van der Waals surface area contributed by atoms with Crippen LogP contribution < -0.4 is 11.1 Å². The summed E-state index contributed by atoms with van der Waals surface area (Å²) >= 11 is 5.02. The summed E-state index contributed by atoms with van der Waals surface area (Å²) in [5.41, 5.74) is 4.68. The summed E-state index contributed by atoms with van der Waals surface area (Å²) in [7, 11) is 1.65. The molecule has 1 aliphatic heterocycles. The standard InChI is InChI=1S/C12H20N2O3S/c1-16-11(5-6-17-8-11)7-14-10(15)12(9(13)18)3-2-4-12/h2-8H2,1H3,(H2,13,18)(H,14,15). The third kappa shape index (κ3) is 2.24. The number of nitrogens with two attached hydrogens (primary N) is 1. The van der Waals surface area contributed by atoms with Crippen LogP contribution in [0.1, 0.15) is 25.7 Å². The van der Waals surface area contributed by atoms with E-state index in [2.05, 4.69) is 5.32 Å². The Morgan fingerprint density at radius 2 is 2.22 bits per heavy atom. The molecule has 1 aliphatic carbocycles. The Morgan fingerprint density at radius 3 is 2.61 bits per heavy atom. The lowest BCUT2D eigenvalue weighted by Crippen LogP contribution is -2.56. The zero-order chi connectivity index (χ0) is 13.2. The SMILES string of the molecule is COC1(CNC(=O)C2(C(N)=S)CCC2)CCOC1. The van der Waals surface area contributed by atoms with E-state index in [1.807, 2.05) is 0 Å². The number of nitrogens with one attached hydrogen (secondary N) is 1. The van der Waals surface area contributed by atoms with E-state index in [0.717, 1.165) is 25.7 Å². The van der Waals surface area contributed by atoms with Crippen LogP contribution in [0.3, 0.4) is 0 Å². The molecule has 6 heteroatoms. The minimum atomic E-state index is -0.621. The lowest BCUT2D eigenvalue weighted by Gasteiger charge is -2.40. The molecule has 1 saturated carbocycles. The number of rotatable bonds is 5. The Morgan fingerprint density at radius 1 is 1.50 bits per heavy atom. The average molecular weight is 272 g/mol. The van der Waals surface area contributed by atoms with Crippen molar-refractivity contribution in [1.82, 2.24) is 5.32 Å². The molecule has 102 valence electrons. The molecule has 0 aromatic heterocycles. The maximum Gasteiger partial charge on any atom is 0.233 e. The van der Waals surface area contributed by atoms with Crippen molar-refractivity contribution in [2.75, 3.05) is 26.9 Å². The van der Waals surface area contributed by atoms with Gasteiger partial charge in [0.25, 0.3) is 0 Å². The molecule has 1 amide bonds. The van der Waals surface area contributed by atoms with Crippen molar-refractivity contribution in [2.45, 2.75) is 31.3 Å². The predicted octanol–water partition coefficient (Wildman–Crippen LogP) is 0.365. The average Bonchev–Trinajstić information content (AvgIpc) is 2.73. The van der Waals surface area contributed by atoms with Gasteiger partial charge in [0.15, 0.2) is 0 Å². The molecule has 2 fully saturated rings. The number of methoxy groups -OCH3 is 1. The zero-order valence-corrected chi connectivity index (χ0v) is 11.5. The summed E-state index contributed by atoms with van der Waals surface area (Å²) in [5.74, 6) is -0.0652. The highest BCUT2D eigenvalue weighted by Crippen LogP contribution is 2.41. The van der Waals surface area contributed by atoms with Crippen molar-refractivity contribution in [3.05, 3.63) is 0 Å². The van der Waals surface area contributed by atoms with Gasteiger partial charge in [-0.1, -0.05) is 18.6 Å². The minimum absolute atomic E-state index is 0.0652. The van der Waals surface area contributed by atoms with Gasteiger partial charge in [0.05, 0.1) is 17.0 Å². The first-order valence-corrected chi connectivity index (χ1v) is 6.67. The zero-order valence-electron chi connectivity index (χ0n) is 10.7. The van der Waals surface area contributed by atoms with E-state index in [9.17, 15) is 4.79 Å². The van der Waals surface area contributed by atoms with Crippen LogP contribution in [0.15, 0.2) is 0 Å². The normalized spacial score (nSPS) is 29.6. The van der Waals surface area contributed by atoms with E-state index < -0.39 is 11.0 Å². The van der Waals surface area contributed by atoms with Crippen molar-refractivity contribution >= 4 is 23.1 Å². The van der Waals surface area contributed by atoms with Gasteiger partial charge in [0.1, 0.15) is 5.60 Å². The van der Waals surface area contributed by atoms with Gasteiger partial charge in [-0.05, 0) is 12.8 Å². The fourth-order valence-electron chi connectivity index (χ4n) is 2.49. The fourth-order valence-corrected chi connectivity index (χ4v) is 2.78. The highest BCUT2D eigenvalue weighted by atomic mass is 32.1. The summed E-state index contributed by atoms with van der Waals surface area (Å²) in [6.07, 6.45) is 3.31. The van der Waals surface area contributed by atoms with Gasteiger partial charge >= 0.3 is 0 Å². The Balaban J connectivity index is 1.93. The molecule has 0 spiro atoms. The molecule has 0 aromatic rings. The molecule has 0 bridgehead atoms.